The third-order valence-electron chi connectivity index (χ3n) is 4.02. The SMILES string of the molecule is C[C@H](Nc1ccc2nnc(C3CC3)n2n1)c1ccc(Cl)cc1Cl. The molecule has 1 fully saturated rings. The molecule has 1 atom stereocenters. The van der Waals surface area contributed by atoms with E-state index in [1.807, 2.05) is 35.7 Å². The molecule has 0 amide bonds. The third-order valence-corrected chi connectivity index (χ3v) is 4.59. The number of halogens is 2. The maximum atomic E-state index is 6.27. The van der Waals surface area contributed by atoms with Crippen molar-refractivity contribution in [3.05, 3.63) is 51.8 Å². The standard InChI is InChI=1S/C16H15Cl2N5/c1-9(12-5-4-11(17)8-13(12)18)19-14-6-7-15-20-21-16(10-2-3-10)23(15)22-14/h4-10H,2-3H2,1H3,(H,19,22)/t9-/m0/s1. The molecule has 0 radical (unpaired) electrons. The Hall–Kier alpha value is -1.85. The van der Waals surface area contributed by atoms with Crippen LogP contribution in [-0.4, -0.2) is 19.8 Å². The zero-order valence-corrected chi connectivity index (χ0v) is 14.0. The smallest absolute Gasteiger partial charge is 0.178 e. The Labute approximate surface area is 143 Å². The van der Waals surface area contributed by atoms with Crippen molar-refractivity contribution in [1.82, 2.24) is 19.8 Å². The average molecular weight is 348 g/mol. The second-order valence-electron chi connectivity index (χ2n) is 5.85. The molecule has 1 aromatic carbocycles. The molecule has 0 saturated heterocycles. The molecule has 5 nitrogen and oxygen atoms in total. The van der Waals surface area contributed by atoms with E-state index < -0.39 is 0 Å². The Morgan fingerprint density at radius 2 is 2.00 bits per heavy atom. The van der Waals surface area contributed by atoms with Crippen LogP contribution >= 0.6 is 23.2 Å². The highest BCUT2D eigenvalue weighted by Gasteiger charge is 2.29. The summed E-state index contributed by atoms with van der Waals surface area (Å²) in [4.78, 5) is 0. The Kier molecular flexibility index (Phi) is 3.62. The Bertz CT molecular complexity index is 872. The molecule has 3 aromatic rings. The summed E-state index contributed by atoms with van der Waals surface area (Å²) >= 11 is 12.2. The number of anilines is 1. The first kappa shape index (κ1) is 14.7. The summed E-state index contributed by atoms with van der Waals surface area (Å²) in [5.74, 6) is 2.20. The van der Waals surface area contributed by atoms with Crippen molar-refractivity contribution < 1.29 is 0 Å². The maximum Gasteiger partial charge on any atom is 0.178 e. The molecule has 2 heterocycles. The minimum Gasteiger partial charge on any atom is -0.362 e. The highest BCUT2D eigenvalue weighted by atomic mass is 35.5. The normalized spacial score (nSPS) is 15.8. The van der Waals surface area contributed by atoms with Crippen LogP contribution in [0.2, 0.25) is 10.0 Å². The Morgan fingerprint density at radius 1 is 1.17 bits per heavy atom. The van der Waals surface area contributed by atoms with Gasteiger partial charge >= 0.3 is 0 Å². The summed E-state index contributed by atoms with van der Waals surface area (Å²) in [6.07, 6.45) is 2.33. The first-order valence-corrected chi connectivity index (χ1v) is 8.31. The summed E-state index contributed by atoms with van der Waals surface area (Å²) in [7, 11) is 0. The van der Waals surface area contributed by atoms with E-state index in [2.05, 4.69) is 20.6 Å². The van der Waals surface area contributed by atoms with Gasteiger partial charge in [0.15, 0.2) is 11.5 Å². The van der Waals surface area contributed by atoms with Gasteiger partial charge in [0.2, 0.25) is 0 Å². The van der Waals surface area contributed by atoms with Crippen LogP contribution in [0.1, 0.15) is 43.1 Å². The number of nitrogens with zero attached hydrogens (tertiary/aromatic N) is 4. The van der Waals surface area contributed by atoms with Gasteiger partial charge in [-0.15, -0.1) is 15.3 Å². The van der Waals surface area contributed by atoms with Crippen LogP contribution in [0.25, 0.3) is 5.65 Å². The van der Waals surface area contributed by atoms with E-state index in [9.17, 15) is 0 Å². The molecule has 0 bridgehead atoms. The van der Waals surface area contributed by atoms with Gasteiger partial charge in [0, 0.05) is 16.0 Å². The van der Waals surface area contributed by atoms with Gasteiger partial charge in [-0.3, -0.25) is 0 Å². The van der Waals surface area contributed by atoms with Gasteiger partial charge in [-0.05, 0) is 49.6 Å². The lowest BCUT2D eigenvalue weighted by Gasteiger charge is -2.16. The monoisotopic (exact) mass is 347 g/mol. The van der Waals surface area contributed by atoms with E-state index >= 15 is 0 Å². The van der Waals surface area contributed by atoms with E-state index in [1.54, 1.807) is 6.07 Å². The predicted molar refractivity (Wildman–Crippen MR) is 91.3 cm³/mol. The number of hydrogen-bond acceptors (Lipinski definition) is 4. The first-order valence-electron chi connectivity index (χ1n) is 7.55. The molecule has 1 aliphatic rings. The van der Waals surface area contributed by atoms with Crippen LogP contribution in [-0.2, 0) is 0 Å². The van der Waals surface area contributed by atoms with Crippen LogP contribution < -0.4 is 5.32 Å². The largest absolute Gasteiger partial charge is 0.362 e. The molecule has 7 heteroatoms. The van der Waals surface area contributed by atoms with Crippen molar-refractivity contribution in [3.8, 4) is 0 Å². The molecule has 0 spiro atoms. The second-order valence-corrected chi connectivity index (χ2v) is 6.70. The van der Waals surface area contributed by atoms with Crippen molar-refractivity contribution in [2.45, 2.75) is 31.7 Å². The van der Waals surface area contributed by atoms with Crippen LogP contribution in [0.4, 0.5) is 5.82 Å². The lowest BCUT2D eigenvalue weighted by atomic mass is 10.1. The minimum atomic E-state index is 0.00516. The number of hydrogen-bond donors (Lipinski definition) is 1. The second kappa shape index (κ2) is 5.65. The number of fused-ring (bicyclic) bond motifs is 1. The molecule has 0 aliphatic heterocycles. The van der Waals surface area contributed by atoms with Gasteiger partial charge in [0.25, 0.3) is 0 Å². The van der Waals surface area contributed by atoms with Gasteiger partial charge in [-0.2, -0.15) is 4.52 Å². The van der Waals surface area contributed by atoms with Crippen molar-refractivity contribution in [2.24, 2.45) is 0 Å². The lowest BCUT2D eigenvalue weighted by molar-refractivity contribution is 0.798. The maximum absolute atomic E-state index is 6.27. The fraction of sp³-hybridized carbons (Fsp3) is 0.312. The highest BCUT2D eigenvalue weighted by molar-refractivity contribution is 6.35. The molecule has 23 heavy (non-hydrogen) atoms. The molecule has 1 saturated carbocycles. The van der Waals surface area contributed by atoms with E-state index in [4.69, 9.17) is 23.2 Å². The van der Waals surface area contributed by atoms with Gasteiger partial charge in [0.05, 0.1) is 6.04 Å². The van der Waals surface area contributed by atoms with Crippen LogP contribution in [0.15, 0.2) is 30.3 Å². The zero-order chi connectivity index (χ0) is 16.0. The van der Waals surface area contributed by atoms with Gasteiger partial charge in [0.1, 0.15) is 5.82 Å². The number of benzene rings is 1. The third kappa shape index (κ3) is 2.86. The van der Waals surface area contributed by atoms with E-state index in [-0.39, 0.29) is 6.04 Å². The number of rotatable bonds is 4. The molecule has 1 N–H and O–H groups in total. The topological polar surface area (TPSA) is 55.1 Å². The molecule has 4 rings (SSSR count). The Balaban J connectivity index is 1.62. The first-order chi connectivity index (χ1) is 11.1. The summed E-state index contributed by atoms with van der Waals surface area (Å²) < 4.78 is 1.83. The van der Waals surface area contributed by atoms with E-state index in [0.29, 0.717) is 16.0 Å². The predicted octanol–water partition coefficient (Wildman–Crippen LogP) is 4.48. The molecule has 2 aromatic heterocycles. The number of nitrogens with one attached hydrogen (secondary N) is 1. The quantitative estimate of drug-likeness (QED) is 0.755. The fourth-order valence-electron chi connectivity index (χ4n) is 2.63. The summed E-state index contributed by atoms with van der Waals surface area (Å²) in [5.41, 5.74) is 1.75. The molecule has 118 valence electrons. The van der Waals surface area contributed by atoms with Crippen LogP contribution in [0.5, 0.6) is 0 Å². The van der Waals surface area contributed by atoms with Gasteiger partial charge in [-0.25, -0.2) is 0 Å². The molecule has 0 unspecified atom stereocenters. The van der Waals surface area contributed by atoms with Crippen LogP contribution in [0.3, 0.4) is 0 Å². The van der Waals surface area contributed by atoms with Crippen molar-refractivity contribution in [3.63, 3.8) is 0 Å². The van der Waals surface area contributed by atoms with Crippen molar-refractivity contribution in [2.75, 3.05) is 5.32 Å². The van der Waals surface area contributed by atoms with E-state index in [1.165, 1.54) is 0 Å². The summed E-state index contributed by atoms with van der Waals surface area (Å²) in [6.45, 7) is 2.04. The molecular weight excluding hydrogens is 333 g/mol. The van der Waals surface area contributed by atoms with Crippen molar-refractivity contribution >= 4 is 34.7 Å². The van der Waals surface area contributed by atoms with Gasteiger partial charge in [-0.1, -0.05) is 29.3 Å². The molecular formula is C16H15Cl2N5. The van der Waals surface area contributed by atoms with Gasteiger partial charge < -0.3 is 5.32 Å². The minimum absolute atomic E-state index is 0.00516. The number of aromatic nitrogens is 4. The van der Waals surface area contributed by atoms with E-state index in [0.717, 1.165) is 35.7 Å². The average Bonchev–Trinajstić information content (AvgIpc) is 3.27. The lowest BCUT2D eigenvalue weighted by Crippen LogP contribution is -2.10. The highest BCUT2D eigenvalue weighted by Crippen LogP contribution is 2.38. The van der Waals surface area contributed by atoms with Crippen molar-refractivity contribution in [1.29, 1.82) is 0 Å². The molecule has 1 aliphatic carbocycles. The fourth-order valence-corrected chi connectivity index (χ4v) is 3.20. The Morgan fingerprint density at radius 3 is 2.74 bits per heavy atom. The summed E-state index contributed by atoms with van der Waals surface area (Å²) in [6, 6.07) is 9.34. The van der Waals surface area contributed by atoms with Crippen LogP contribution in [0, 0.1) is 0 Å². The summed E-state index contributed by atoms with van der Waals surface area (Å²) in [5, 5.41) is 17.7. The zero-order valence-electron chi connectivity index (χ0n) is 12.5.